The summed E-state index contributed by atoms with van der Waals surface area (Å²) in [7, 11) is 0. The largest absolute Gasteiger partial charge is 0.484 e. The van der Waals surface area contributed by atoms with E-state index in [1.54, 1.807) is 36.4 Å². The van der Waals surface area contributed by atoms with Crippen molar-refractivity contribution in [2.45, 2.75) is 0 Å². The van der Waals surface area contributed by atoms with Gasteiger partial charge in [0.1, 0.15) is 5.75 Å². The summed E-state index contributed by atoms with van der Waals surface area (Å²) in [5.41, 5.74) is 0.483. The minimum atomic E-state index is -0.192. The van der Waals surface area contributed by atoms with Crippen LogP contribution in [0.2, 0.25) is 15.1 Å². The van der Waals surface area contributed by atoms with Gasteiger partial charge in [0, 0.05) is 21.1 Å². The first-order valence-corrected chi connectivity index (χ1v) is 7.46. The molecule has 104 valence electrons. The van der Waals surface area contributed by atoms with E-state index in [-0.39, 0.29) is 12.4 Å². The van der Waals surface area contributed by atoms with Gasteiger partial charge >= 0.3 is 0 Å². The van der Waals surface area contributed by atoms with E-state index in [9.17, 15) is 4.79 Å². The highest BCUT2D eigenvalue weighted by Gasteiger charge is 2.11. The second-order valence-electron chi connectivity index (χ2n) is 3.92. The van der Waals surface area contributed by atoms with Gasteiger partial charge in [-0.05, 0) is 34.1 Å². The number of hydrogen-bond acceptors (Lipinski definition) is 2. The molecule has 0 aliphatic carbocycles. The van der Waals surface area contributed by atoms with Gasteiger partial charge in [0.2, 0.25) is 0 Å². The van der Waals surface area contributed by atoms with Crippen molar-refractivity contribution in [2.24, 2.45) is 0 Å². The summed E-state index contributed by atoms with van der Waals surface area (Å²) in [4.78, 5) is 12.0. The number of benzene rings is 2. The first-order valence-electron chi connectivity index (χ1n) is 5.53. The Balaban J connectivity index is 2.09. The van der Waals surface area contributed by atoms with E-state index in [2.05, 4.69) is 15.9 Å². The second-order valence-corrected chi connectivity index (χ2v) is 6.02. The van der Waals surface area contributed by atoms with E-state index in [0.29, 0.717) is 30.9 Å². The summed E-state index contributed by atoms with van der Waals surface area (Å²) < 4.78 is 6.06. The zero-order valence-electron chi connectivity index (χ0n) is 10.00. The molecule has 6 heteroatoms. The predicted octanol–water partition coefficient (Wildman–Crippen LogP) is 5.67. The van der Waals surface area contributed by atoms with E-state index in [4.69, 9.17) is 39.5 Å². The van der Waals surface area contributed by atoms with Crippen LogP contribution in [-0.2, 0) is 0 Å². The number of ketones is 1. The Bertz CT molecular complexity index is 659. The first kappa shape index (κ1) is 15.6. The molecule has 0 unspecified atom stereocenters. The molecule has 0 atom stereocenters. The van der Waals surface area contributed by atoms with Gasteiger partial charge in [0.05, 0.1) is 10.0 Å². The van der Waals surface area contributed by atoms with Crippen molar-refractivity contribution in [1.82, 2.24) is 0 Å². The summed E-state index contributed by atoms with van der Waals surface area (Å²) in [5.74, 6) is 0.165. The number of carbonyl (C=O) groups is 1. The molecule has 0 aromatic heterocycles. The first-order chi connectivity index (χ1) is 9.47. The highest BCUT2D eigenvalue weighted by Crippen LogP contribution is 2.34. The Kier molecular flexibility index (Phi) is 5.33. The standard InChI is InChI=1S/C14H8BrCl3O2/c15-10-5-12(18)14(6-11(10)17)20-7-13(19)8-2-1-3-9(16)4-8/h1-6H,7H2. The van der Waals surface area contributed by atoms with Crippen LogP contribution in [0.4, 0.5) is 0 Å². The highest BCUT2D eigenvalue weighted by molar-refractivity contribution is 9.10. The summed E-state index contributed by atoms with van der Waals surface area (Å²) >= 11 is 21.0. The van der Waals surface area contributed by atoms with Crippen molar-refractivity contribution in [3.63, 3.8) is 0 Å². The number of halogens is 4. The quantitative estimate of drug-likeness (QED) is 0.493. The van der Waals surface area contributed by atoms with Crippen molar-refractivity contribution < 1.29 is 9.53 Å². The lowest BCUT2D eigenvalue weighted by Gasteiger charge is -2.09. The number of carbonyl (C=O) groups excluding carboxylic acids is 1. The fourth-order valence-corrected chi connectivity index (χ4v) is 2.54. The second kappa shape index (κ2) is 6.81. The fourth-order valence-electron chi connectivity index (χ4n) is 1.50. The van der Waals surface area contributed by atoms with E-state index < -0.39 is 0 Å². The number of Topliss-reactive ketones (excluding diaryl/α,β-unsaturated/α-hetero) is 1. The van der Waals surface area contributed by atoms with Gasteiger partial charge in [0.25, 0.3) is 0 Å². The van der Waals surface area contributed by atoms with E-state index in [1.165, 1.54) is 0 Å². The van der Waals surface area contributed by atoms with Crippen molar-refractivity contribution in [1.29, 1.82) is 0 Å². The molecule has 0 fully saturated rings. The smallest absolute Gasteiger partial charge is 0.200 e. The molecule has 2 aromatic rings. The van der Waals surface area contributed by atoms with Gasteiger partial charge in [-0.2, -0.15) is 0 Å². The lowest BCUT2D eigenvalue weighted by molar-refractivity contribution is 0.0921. The molecule has 0 amide bonds. The third kappa shape index (κ3) is 3.89. The zero-order chi connectivity index (χ0) is 14.7. The van der Waals surface area contributed by atoms with Crippen molar-refractivity contribution in [3.05, 3.63) is 61.5 Å². The molecule has 0 aliphatic rings. The average molecular weight is 394 g/mol. The summed E-state index contributed by atoms with van der Waals surface area (Å²) in [5, 5.41) is 1.33. The van der Waals surface area contributed by atoms with Crippen LogP contribution < -0.4 is 4.74 Å². The summed E-state index contributed by atoms with van der Waals surface area (Å²) in [6.07, 6.45) is 0. The Hall–Kier alpha value is -0.740. The topological polar surface area (TPSA) is 26.3 Å². The third-order valence-electron chi connectivity index (χ3n) is 2.48. The van der Waals surface area contributed by atoms with Gasteiger partial charge in [-0.15, -0.1) is 0 Å². The summed E-state index contributed by atoms with van der Waals surface area (Å²) in [6.45, 7) is -0.141. The molecule has 2 aromatic carbocycles. The lowest BCUT2D eigenvalue weighted by atomic mass is 10.1. The Labute approximate surface area is 139 Å². The molecule has 0 bridgehead atoms. The number of hydrogen-bond donors (Lipinski definition) is 0. The monoisotopic (exact) mass is 392 g/mol. The zero-order valence-corrected chi connectivity index (χ0v) is 13.9. The van der Waals surface area contributed by atoms with Crippen molar-refractivity contribution in [2.75, 3.05) is 6.61 Å². The van der Waals surface area contributed by atoms with E-state index in [0.717, 1.165) is 0 Å². The molecule has 2 rings (SSSR count). The van der Waals surface area contributed by atoms with Gasteiger partial charge in [-0.25, -0.2) is 0 Å². The number of rotatable bonds is 4. The Morgan fingerprint density at radius 2 is 1.85 bits per heavy atom. The van der Waals surface area contributed by atoms with E-state index >= 15 is 0 Å². The maximum atomic E-state index is 12.0. The minimum absolute atomic E-state index is 0.141. The van der Waals surface area contributed by atoms with Crippen molar-refractivity contribution >= 4 is 56.5 Å². The minimum Gasteiger partial charge on any atom is -0.484 e. The SMILES string of the molecule is O=C(COc1cc(Cl)c(Br)cc1Cl)c1cccc(Cl)c1. The third-order valence-corrected chi connectivity index (χ3v) is 4.21. The van der Waals surface area contributed by atoms with Crippen LogP contribution >= 0.6 is 50.7 Å². The van der Waals surface area contributed by atoms with Crippen LogP contribution in [0, 0.1) is 0 Å². The molecule has 0 saturated carbocycles. The molecule has 0 radical (unpaired) electrons. The molecule has 0 spiro atoms. The van der Waals surface area contributed by atoms with Gasteiger partial charge in [0.15, 0.2) is 12.4 Å². The lowest BCUT2D eigenvalue weighted by Crippen LogP contribution is -2.11. The molecular formula is C14H8BrCl3O2. The maximum absolute atomic E-state index is 12.0. The molecular weight excluding hydrogens is 386 g/mol. The Morgan fingerprint density at radius 1 is 1.10 bits per heavy atom. The molecule has 0 aliphatic heterocycles. The van der Waals surface area contributed by atoms with Gasteiger partial charge in [-0.3, -0.25) is 4.79 Å². The molecule has 20 heavy (non-hydrogen) atoms. The molecule has 0 saturated heterocycles. The van der Waals surface area contributed by atoms with Crippen LogP contribution in [0.25, 0.3) is 0 Å². The van der Waals surface area contributed by atoms with Gasteiger partial charge in [-0.1, -0.05) is 46.9 Å². The molecule has 0 heterocycles. The summed E-state index contributed by atoms with van der Waals surface area (Å²) in [6, 6.07) is 9.84. The Morgan fingerprint density at radius 3 is 2.55 bits per heavy atom. The maximum Gasteiger partial charge on any atom is 0.200 e. The predicted molar refractivity (Wildman–Crippen MR) is 85.4 cm³/mol. The van der Waals surface area contributed by atoms with Crippen LogP contribution in [0.3, 0.4) is 0 Å². The highest BCUT2D eigenvalue weighted by atomic mass is 79.9. The van der Waals surface area contributed by atoms with Crippen LogP contribution in [0.15, 0.2) is 40.9 Å². The van der Waals surface area contributed by atoms with Crippen LogP contribution in [0.1, 0.15) is 10.4 Å². The van der Waals surface area contributed by atoms with Crippen LogP contribution in [0.5, 0.6) is 5.75 Å². The normalized spacial score (nSPS) is 10.4. The van der Waals surface area contributed by atoms with Gasteiger partial charge < -0.3 is 4.74 Å². The number of ether oxygens (including phenoxy) is 1. The van der Waals surface area contributed by atoms with Crippen LogP contribution in [-0.4, -0.2) is 12.4 Å². The van der Waals surface area contributed by atoms with Crippen molar-refractivity contribution in [3.8, 4) is 5.75 Å². The molecule has 2 nitrogen and oxygen atoms in total. The fraction of sp³-hybridized carbons (Fsp3) is 0.0714. The average Bonchev–Trinajstić information content (AvgIpc) is 2.41. The molecule has 0 N–H and O–H groups in total. The van der Waals surface area contributed by atoms with E-state index in [1.807, 2.05) is 0 Å².